The van der Waals surface area contributed by atoms with Crippen molar-refractivity contribution in [3.8, 4) is 0 Å². The van der Waals surface area contributed by atoms with E-state index in [-0.39, 0.29) is 5.84 Å². The molecule has 88 valence electrons. The number of nitrogens with zero attached hydrogens (tertiary/aromatic N) is 3. The van der Waals surface area contributed by atoms with Gasteiger partial charge < -0.3 is 15.5 Å². The van der Waals surface area contributed by atoms with E-state index in [1.807, 2.05) is 24.3 Å². The Hall–Kier alpha value is -2.01. The molecule has 0 unspecified atom stereocenters. The molecule has 3 N–H and O–H groups in total. The van der Waals surface area contributed by atoms with Gasteiger partial charge in [-0.3, -0.25) is 0 Å². The molecule has 0 fully saturated rings. The number of hydrogen-bond donors (Lipinski definition) is 2. The maximum absolute atomic E-state index is 8.63. The first kappa shape index (κ1) is 11.5. The molecule has 0 aliphatic rings. The summed E-state index contributed by atoms with van der Waals surface area (Å²) >= 11 is 5.81. The van der Waals surface area contributed by atoms with Crippen LogP contribution in [0.2, 0.25) is 5.02 Å². The van der Waals surface area contributed by atoms with Crippen LogP contribution < -0.4 is 5.73 Å². The van der Waals surface area contributed by atoms with Gasteiger partial charge in [0.05, 0.1) is 0 Å². The van der Waals surface area contributed by atoms with E-state index in [4.69, 9.17) is 22.5 Å². The molecular formula is C11H11ClN4O. The Morgan fingerprint density at radius 3 is 2.76 bits per heavy atom. The van der Waals surface area contributed by atoms with E-state index in [9.17, 15) is 0 Å². The number of halogens is 1. The minimum atomic E-state index is -0.0102. The molecule has 0 radical (unpaired) electrons. The van der Waals surface area contributed by atoms with Crippen molar-refractivity contribution in [2.24, 2.45) is 10.9 Å². The monoisotopic (exact) mass is 250 g/mol. The van der Waals surface area contributed by atoms with E-state index in [2.05, 4.69) is 10.1 Å². The summed E-state index contributed by atoms with van der Waals surface area (Å²) in [7, 11) is 0. The van der Waals surface area contributed by atoms with E-state index in [1.165, 1.54) is 0 Å². The van der Waals surface area contributed by atoms with Crippen LogP contribution in [0, 0.1) is 0 Å². The summed E-state index contributed by atoms with van der Waals surface area (Å²) in [6.45, 7) is 0.586. The van der Waals surface area contributed by atoms with Crippen LogP contribution in [-0.4, -0.2) is 20.6 Å². The highest BCUT2D eigenvalue weighted by atomic mass is 35.5. The summed E-state index contributed by atoms with van der Waals surface area (Å²) in [5.41, 5.74) is 6.57. The molecule has 0 amide bonds. The van der Waals surface area contributed by atoms with Crippen molar-refractivity contribution < 1.29 is 5.21 Å². The van der Waals surface area contributed by atoms with Gasteiger partial charge in [0.25, 0.3) is 0 Å². The van der Waals surface area contributed by atoms with Crippen LogP contribution in [0.3, 0.4) is 0 Å². The molecule has 5 nitrogen and oxygen atoms in total. The van der Waals surface area contributed by atoms with Crippen molar-refractivity contribution in [2.75, 3.05) is 0 Å². The zero-order valence-electron chi connectivity index (χ0n) is 8.92. The molecule has 0 aliphatic carbocycles. The predicted octanol–water partition coefficient (Wildman–Crippen LogP) is 1.68. The third-order valence-corrected chi connectivity index (χ3v) is 2.57. The Bertz CT molecular complexity index is 533. The van der Waals surface area contributed by atoms with Gasteiger partial charge in [-0.1, -0.05) is 28.9 Å². The van der Waals surface area contributed by atoms with Gasteiger partial charge in [0, 0.05) is 24.0 Å². The van der Waals surface area contributed by atoms with Crippen LogP contribution in [0.15, 0.2) is 41.8 Å². The first-order valence-corrected chi connectivity index (χ1v) is 5.32. The molecule has 2 aromatic rings. The predicted molar refractivity (Wildman–Crippen MR) is 65.3 cm³/mol. The zero-order valence-corrected chi connectivity index (χ0v) is 9.67. The highest BCUT2D eigenvalue weighted by molar-refractivity contribution is 6.30. The quantitative estimate of drug-likeness (QED) is 0.377. The van der Waals surface area contributed by atoms with Crippen LogP contribution in [0.1, 0.15) is 11.4 Å². The van der Waals surface area contributed by atoms with Gasteiger partial charge in [0.2, 0.25) is 5.84 Å². The molecule has 1 heterocycles. The molecule has 0 atom stereocenters. The SMILES string of the molecule is NC(=NO)c1nccn1Cc1ccc(Cl)cc1. The number of amidine groups is 1. The first-order chi connectivity index (χ1) is 8.20. The minimum Gasteiger partial charge on any atom is -0.409 e. The average molecular weight is 251 g/mol. The second kappa shape index (κ2) is 4.88. The number of aromatic nitrogens is 2. The second-order valence-electron chi connectivity index (χ2n) is 3.49. The van der Waals surface area contributed by atoms with E-state index < -0.39 is 0 Å². The molecule has 1 aromatic carbocycles. The fourth-order valence-corrected chi connectivity index (χ4v) is 1.63. The Morgan fingerprint density at radius 2 is 2.12 bits per heavy atom. The van der Waals surface area contributed by atoms with Gasteiger partial charge in [0.15, 0.2) is 5.82 Å². The highest BCUT2D eigenvalue weighted by Gasteiger charge is 2.07. The smallest absolute Gasteiger partial charge is 0.206 e. The number of hydrogen-bond acceptors (Lipinski definition) is 3. The second-order valence-corrected chi connectivity index (χ2v) is 3.93. The topological polar surface area (TPSA) is 76.4 Å². The number of oxime groups is 1. The molecule has 2 rings (SSSR count). The third kappa shape index (κ3) is 2.57. The summed E-state index contributed by atoms with van der Waals surface area (Å²) in [5.74, 6) is 0.423. The number of rotatable bonds is 3. The van der Waals surface area contributed by atoms with Crippen molar-refractivity contribution in [3.63, 3.8) is 0 Å². The fraction of sp³-hybridized carbons (Fsp3) is 0.0909. The molecule has 1 aromatic heterocycles. The molecule has 0 bridgehead atoms. The van der Waals surface area contributed by atoms with E-state index >= 15 is 0 Å². The fourth-order valence-electron chi connectivity index (χ4n) is 1.50. The Balaban J connectivity index is 2.25. The Kier molecular flexibility index (Phi) is 3.30. The molecule has 0 aliphatic heterocycles. The van der Waals surface area contributed by atoms with Crippen LogP contribution in [-0.2, 0) is 6.54 Å². The average Bonchev–Trinajstić information content (AvgIpc) is 2.79. The summed E-state index contributed by atoms with van der Waals surface area (Å²) in [6, 6.07) is 7.46. The zero-order chi connectivity index (χ0) is 12.3. The lowest BCUT2D eigenvalue weighted by atomic mass is 10.2. The van der Waals surface area contributed by atoms with Crippen molar-refractivity contribution in [3.05, 3.63) is 53.1 Å². The van der Waals surface area contributed by atoms with Crippen molar-refractivity contribution in [1.29, 1.82) is 0 Å². The molecular weight excluding hydrogens is 240 g/mol. The lowest BCUT2D eigenvalue weighted by Gasteiger charge is -2.06. The lowest BCUT2D eigenvalue weighted by molar-refractivity contribution is 0.318. The number of benzene rings is 1. The van der Waals surface area contributed by atoms with Gasteiger partial charge in [-0.15, -0.1) is 0 Å². The number of imidazole rings is 1. The largest absolute Gasteiger partial charge is 0.409 e. The molecule has 0 saturated heterocycles. The normalized spacial score (nSPS) is 11.7. The first-order valence-electron chi connectivity index (χ1n) is 4.94. The summed E-state index contributed by atoms with van der Waals surface area (Å²) in [6.07, 6.45) is 3.37. The summed E-state index contributed by atoms with van der Waals surface area (Å²) < 4.78 is 1.79. The van der Waals surface area contributed by atoms with E-state index in [0.29, 0.717) is 17.4 Å². The minimum absolute atomic E-state index is 0.0102. The van der Waals surface area contributed by atoms with Gasteiger partial charge in [-0.2, -0.15) is 0 Å². The van der Waals surface area contributed by atoms with Gasteiger partial charge in [0.1, 0.15) is 0 Å². The Labute approximate surface area is 103 Å². The van der Waals surface area contributed by atoms with Gasteiger partial charge in [-0.25, -0.2) is 4.98 Å². The standard InChI is InChI=1S/C11H11ClN4O/c12-9-3-1-8(2-4-9)7-16-6-5-14-11(16)10(13)15-17/h1-6,17H,7H2,(H2,13,15). The van der Waals surface area contributed by atoms with Crippen LogP contribution >= 0.6 is 11.6 Å². The molecule has 0 saturated carbocycles. The third-order valence-electron chi connectivity index (χ3n) is 2.32. The van der Waals surface area contributed by atoms with Crippen molar-refractivity contribution in [1.82, 2.24) is 9.55 Å². The number of nitrogens with two attached hydrogens (primary N) is 1. The maximum atomic E-state index is 8.63. The van der Waals surface area contributed by atoms with Crippen LogP contribution in [0.25, 0.3) is 0 Å². The van der Waals surface area contributed by atoms with Crippen LogP contribution in [0.4, 0.5) is 0 Å². The molecule has 17 heavy (non-hydrogen) atoms. The van der Waals surface area contributed by atoms with Gasteiger partial charge >= 0.3 is 0 Å². The van der Waals surface area contributed by atoms with Gasteiger partial charge in [-0.05, 0) is 17.7 Å². The van der Waals surface area contributed by atoms with E-state index in [0.717, 1.165) is 5.56 Å². The highest BCUT2D eigenvalue weighted by Crippen LogP contribution is 2.11. The molecule has 6 heteroatoms. The maximum Gasteiger partial charge on any atom is 0.206 e. The van der Waals surface area contributed by atoms with Crippen molar-refractivity contribution in [2.45, 2.75) is 6.54 Å². The Morgan fingerprint density at radius 1 is 1.41 bits per heavy atom. The van der Waals surface area contributed by atoms with Crippen LogP contribution in [0.5, 0.6) is 0 Å². The summed E-state index contributed by atoms with van der Waals surface area (Å²) in [5, 5.41) is 12.3. The summed E-state index contributed by atoms with van der Waals surface area (Å²) in [4.78, 5) is 4.02. The molecule has 0 spiro atoms. The van der Waals surface area contributed by atoms with Crippen molar-refractivity contribution >= 4 is 17.4 Å². The van der Waals surface area contributed by atoms with E-state index in [1.54, 1.807) is 17.0 Å². The lowest BCUT2D eigenvalue weighted by Crippen LogP contribution is -2.19.